The van der Waals surface area contributed by atoms with Crippen molar-refractivity contribution in [3.05, 3.63) is 48.2 Å². The van der Waals surface area contributed by atoms with E-state index in [4.69, 9.17) is 13.6 Å². The summed E-state index contributed by atoms with van der Waals surface area (Å²) in [5.41, 5.74) is 2.27. The van der Waals surface area contributed by atoms with Crippen LogP contribution in [0.4, 0.5) is 0 Å². The van der Waals surface area contributed by atoms with E-state index >= 15 is 0 Å². The zero-order valence-electron chi connectivity index (χ0n) is 11.4. The third-order valence-electron chi connectivity index (χ3n) is 3.49. The number of hydrogen-bond acceptors (Lipinski definition) is 4. The number of para-hydroxylation sites is 1. The molecule has 4 rings (SSSR count). The zero-order chi connectivity index (χ0) is 14.4. The van der Waals surface area contributed by atoms with Gasteiger partial charge < -0.3 is 13.6 Å². The third kappa shape index (κ3) is 1.80. The Bertz CT molecular complexity index is 974. The monoisotopic (exact) mass is 280 g/mol. The Morgan fingerprint density at radius 3 is 2.71 bits per heavy atom. The molecule has 0 aliphatic carbocycles. The van der Waals surface area contributed by atoms with Crippen molar-refractivity contribution in [2.45, 2.75) is 6.92 Å². The van der Waals surface area contributed by atoms with Crippen LogP contribution in [0.1, 0.15) is 17.5 Å². The minimum atomic E-state index is -0.449. The number of carbonyl (C=O) groups excluding carboxylic acids is 1. The smallest absolute Gasteiger partial charge is 0.374 e. The van der Waals surface area contributed by atoms with Gasteiger partial charge in [-0.25, -0.2) is 4.79 Å². The Kier molecular flexibility index (Phi) is 2.51. The van der Waals surface area contributed by atoms with Crippen LogP contribution in [0, 0.1) is 0 Å². The Balaban J connectivity index is 1.96. The third-order valence-corrected chi connectivity index (χ3v) is 3.49. The van der Waals surface area contributed by atoms with E-state index in [1.54, 1.807) is 13.0 Å². The molecule has 4 nitrogen and oxygen atoms in total. The summed E-state index contributed by atoms with van der Waals surface area (Å²) < 4.78 is 16.4. The van der Waals surface area contributed by atoms with Gasteiger partial charge in [0.2, 0.25) is 5.76 Å². The number of fused-ring (bicyclic) bond motifs is 4. The molecule has 0 fully saturated rings. The summed E-state index contributed by atoms with van der Waals surface area (Å²) in [6.07, 6.45) is 0. The number of esters is 1. The van der Waals surface area contributed by atoms with Crippen LogP contribution in [0.15, 0.2) is 51.3 Å². The molecule has 4 heteroatoms. The van der Waals surface area contributed by atoms with Crippen molar-refractivity contribution in [1.82, 2.24) is 0 Å². The van der Waals surface area contributed by atoms with Crippen molar-refractivity contribution in [3.63, 3.8) is 0 Å². The predicted octanol–water partition coefficient (Wildman–Crippen LogP) is 4.51. The molecule has 0 atom stereocenters. The maximum atomic E-state index is 11.7. The van der Waals surface area contributed by atoms with E-state index in [2.05, 4.69) is 0 Å². The number of furan rings is 2. The minimum Gasteiger partial charge on any atom is -0.460 e. The van der Waals surface area contributed by atoms with Crippen molar-refractivity contribution in [1.29, 1.82) is 0 Å². The van der Waals surface area contributed by atoms with Gasteiger partial charge in [-0.2, -0.15) is 0 Å². The second kappa shape index (κ2) is 4.38. The van der Waals surface area contributed by atoms with E-state index in [0.717, 1.165) is 27.3 Å². The van der Waals surface area contributed by atoms with Gasteiger partial charge in [0.15, 0.2) is 0 Å². The van der Waals surface area contributed by atoms with Crippen LogP contribution >= 0.6 is 0 Å². The Morgan fingerprint density at radius 1 is 1.00 bits per heavy atom. The van der Waals surface area contributed by atoms with Gasteiger partial charge in [0.1, 0.15) is 16.7 Å². The van der Waals surface area contributed by atoms with Gasteiger partial charge >= 0.3 is 5.97 Å². The highest BCUT2D eigenvalue weighted by Gasteiger charge is 2.15. The maximum absolute atomic E-state index is 11.7. The van der Waals surface area contributed by atoms with Crippen LogP contribution in [0.25, 0.3) is 32.9 Å². The lowest BCUT2D eigenvalue weighted by atomic mass is 10.1. The molecule has 0 spiro atoms. The highest BCUT2D eigenvalue weighted by atomic mass is 16.5. The van der Waals surface area contributed by atoms with Gasteiger partial charge in [-0.1, -0.05) is 18.2 Å². The molecule has 0 saturated carbocycles. The first-order valence-electron chi connectivity index (χ1n) is 6.78. The lowest BCUT2D eigenvalue weighted by molar-refractivity contribution is 0.0492. The molecule has 0 saturated heterocycles. The minimum absolute atomic E-state index is 0.212. The molecule has 4 aromatic rings. The van der Waals surface area contributed by atoms with E-state index in [9.17, 15) is 4.79 Å². The van der Waals surface area contributed by atoms with Crippen molar-refractivity contribution in [2.24, 2.45) is 0 Å². The zero-order valence-corrected chi connectivity index (χ0v) is 11.4. The molecule has 2 aromatic carbocycles. The van der Waals surface area contributed by atoms with Crippen molar-refractivity contribution in [2.75, 3.05) is 6.61 Å². The first kappa shape index (κ1) is 12.0. The Labute approximate surface area is 119 Å². The molecule has 0 bridgehead atoms. The maximum Gasteiger partial charge on any atom is 0.374 e. The standard InChI is InChI=1S/C17H12O4/c1-2-19-17(18)16-8-10-7-15-12(9-14(10)21-16)11-5-3-4-6-13(11)20-15/h3-9H,2H2,1H3. The average Bonchev–Trinajstić information content (AvgIpc) is 3.05. The van der Waals surface area contributed by atoms with E-state index < -0.39 is 5.97 Å². The fourth-order valence-electron chi connectivity index (χ4n) is 2.56. The molecule has 104 valence electrons. The van der Waals surface area contributed by atoms with Crippen molar-refractivity contribution >= 4 is 38.9 Å². The summed E-state index contributed by atoms with van der Waals surface area (Å²) in [6.45, 7) is 2.09. The van der Waals surface area contributed by atoms with E-state index in [0.29, 0.717) is 12.2 Å². The van der Waals surface area contributed by atoms with Gasteiger partial charge in [0.05, 0.1) is 6.61 Å². The van der Waals surface area contributed by atoms with E-state index in [1.807, 2.05) is 36.4 Å². The van der Waals surface area contributed by atoms with Crippen LogP contribution in [-0.2, 0) is 4.74 Å². The Hall–Kier alpha value is -2.75. The normalized spacial score (nSPS) is 11.5. The van der Waals surface area contributed by atoms with Crippen LogP contribution in [0.3, 0.4) is 0 Å². The summed E-state index contributed by atoms with van der Waals surface area (Å²) in [7, 11) is 0. The number of hydrogen-bond donors (Lipinski definition) is 0. The van der Waals surface area contributed by atoms with Crippen LogP contribution < -0.4 is 0 Å². The molecule has 0 unspecified atom stereocenters. The van der Waals surface area contributed by atoms with Gasteiger partial charge in [0.25, 0.3) is 0 Å². The lowest BCUT2D eigenvalue weighted by Crippen LogP contribution is -2.02. The summed E-state index contributed by atoms with van der Waals surface area (Å²) in [6, 6.07) is 13.3. The van der Waals surface area contributed by atoms with Crippen LogP contribution in [0.2, 0.25) is 0 Å². The highest BCUT2D eigenvalue weighted by molar-refractivity contribution is 6.09. The molecular weight excluding hydrogens is 268 g/mol. The summed E-state index contributed by atoms with van der Waals surface area (Å²) >= 11 is 0. The number of rotatable bonds is 2. The SMILES string of the molecule is CCOC(=O)c1cc2cc3oc4ccccc4c3cc2o1. The molecule has 0 aliphatic rings. The summed E-state index contributed by atoms with van der Waals surface area (Å²) in [4.78, 5) is 11.7. The second-order valence-corrected chi connectivity index (χ2v) is 4.82. The number of carbonyl (C=O) groups is 1. The van der Waals surface area contributed by atoms with Crippen molar-refractivity contribution in [3.8, 4) is 0 Å². The molecule has 0 aliphatic heterocycles. The number of ether oxygens (including phenoxy) is 1. The van der Waals surface area contributed by atoms with Gasteiger partial charge in [-0.05, 0) is 31.2 Å². The Morgan fingerprint density at radius 2 is 1.86 bits per heavy atom. The molecule has 2 heterocycles. The van der Waals surface area contributed by atoms with Gasteiger partial charge in [-0.15, -0.1) is 0 Å². The topological polar surface area (TPSA) is 52.6 Å². The largest absolute Gasteiger partial charge is 0.460 e. The molecule has 0 radical (unpaired) electrons. The first-order valence-corrected chi connectivity index (χ1v) is 6.78. The average molecular weight is 280 g/mol. The molecule has 0 amide bonds. The summed E-state index contributed by atoms with van der Waals surface area (Å²) in [5, 5.41) is 2.83. The van der Waals surface area contributed by atoms with Gasteiger partial charge in [-0.3, -0.25) is 0 Å². The highest BCUT2D eigenvalue weighted by Crippen LogP contribution is 2.33. The predicted molar refractivity (Wildman–Crippen MR) is 79.4 cm³/mol. The fraction of sp³-hybridized carbons (Fsp3) is 0.118. The molecule has 0 N–H and O–H groups in total. The van der Waals surface area contributed by atoms with Crippen LogP contribution in [-0.4, -0.2) is 12.6 Å². The molecular formula is C17H12O4. The van der Waals surface area contributed by atoms with Crippen LogP contribution in [0.5, 0.6) is 0 Å². The molecule has 2 aromatic heterocycles. The lowest BCUT2D eigenvalue weighted by Gasteiger charge is -1.95. The fourth-order valence-corrected chi connectivity index (χ4v) is 2.56. The van der Waals surface area contributed by atoms with E-state index in [-0.39, 0.29) is 5.76 Å². The van der Waals surface area contributed by atoms with Gasteiger partial charge in [0, 0.05) is 16.2 Å². The molecule has 21 heavy (non-hydrogen) atoms. The number of benzene rings is 2. The van der Waals surface area contributed by atoms with E-state index in [1.165, 1.54) is 0 Å². The summed E-state index contributed by atoms with van der Waals surface area (Å²) in [5.74, 6) is -0.237. The quantitative estimate of drug-likeness (QED) is 0.507. The first-order chi connectivity index (χ1) is 10.3. The van der Waals surface area contributed by atoms with Crippen molar-refractivity contribution < 1.29 is 18.4 Å². The second-order valence-electron chi connectivity index (χ2n) is 4.82.